The van der Waals surface area contributed by atoms with Crippen LogP contribution in [0.25, 0.3) is 0 Å². The maximum Gasteiger partial charge on any atom is 0.0897 e. The Labute approximate surface area is 92.6 Å². The molecule has 15 heavy (non-hydrogen) atoms. The highest BCUT2D eigenvalue weighted by atomic mass is 16.5. The summed E-state index contributed by atoms with van der Waals surface area (Å²) >= 11 is 0. The lowest BCUT2D eigenvalue weighted by molar-refractivity contribution is -0.0489. The molecule has 1 atom stereocenters. The molecule has 0 radical (unpaired) electrons. The molecule has 0 bridgehead atoms. The summed E-state index contributed by atoms with van der Waals surface area (Å²) in [6.45, 7) is 10.5. The van der Waals surface area contributed by atoms with Gasteiger partial charge in [0.25, 0.3) is 0 Å². The van der Waals surface area contributed by atoms with Gasteiger partial charge in [-0.1, -0.05) is 0 Å². The summed E-state index contributed by atoms with van der Waals surface area (Å²) in [7, 11) is 0. The second kappa shape index (κ2) is 5.80. The largest absolute Gasteiger partial charge is 0.389 e. The second-order valence-corrected chi connectivity index (χ2v) is 5.52. The van der Waals surface area contributed by atoms with Gasteiger partial charge in [0.05, 0.1) is 23.9 Å². The predicted octanol–water partition coefficient (Wildman–Crippen LogP) is 0.523. The molecule has 92 valence electrons. The Balaban J connectivity index is 3.54. The van der Waals surface area contributed by atoms with Gasteiger partial charge in [-0.3, -0.25) is 0 Å². The van der Waals surface area contributed by atoms with Crippen LogP contribution in [0.5, 0.6) is 0 Å². The lowest BCUT2D eigenvalue weighted by Gasteiger charge is -2.23. The molecule has 1 unspecified atom stereocenters. The van der Waals surface area contributed by atoms with Crippen LogP contribution >= 0.6 is 0 Å². The van der Waals surface area contributed by atoms with E-state index in [0.717, 1.165) is 0 Å². The number of aliphatic hydroxyl groups is 2. The molecule has 0 aliphatic carbocycles. The van der Waals surface area contributed by atoms with Crippen LogP contribution in [-0.4, -0.2) is 47.2 Å². The Hall–Kier alpha value is -0.160. The van der Waals surface area contributed by atoms with Crippen molar-refractivity contribution < 1.29 is 14.9 Å². The monoisotopic (exact) mass is 219 g/mol. The van der Waals surface area contributed by atoms with Crippen molar-refractivity contribution in [2.75, 3.05) is 19.7 Å². The average Bonchev–Trinajstić information content (AvgIpc) is 1.97. The first-order chi connectivity index (χ1) is 6.60. The minimum absolute atomic E-state index is 0.225. The molecule has 3 N–H and O–H groups in total. The Kier molecular flexibility index (Phi) is 5.73. The van der Waals surface area contributed by atoms with E-state index < -0.39 is 11.7 Å². The van der Waals surface area contributed by atoms with Crippen molar-refractivity contribution in [2.45, 2.75) is 51.9 Å². The van der Waals surface area contributed by atoms with Crippen molar-refractivity contribution in [1.82, 2.24) is 5.32 Å². The van der Waals surface area contributed by atoms with Gasteiger partial charge >= 0.3 is 0 Å². The Morgan fingerprint density at radius 2 is 1.73 bits per heavy atom. The van der Waals surface area contributed by atoms with Crippen LogP contribution in [0.4, 0.5) is 0 Å². The van der Waals surface area contributed by atoms with Crippen LogP contribution in [-0.2, 0) is 4.74 Å². The highest BCUT2D eigenvalue weighted by molar-refractivity contribution is 4.70. The molecule has 0 rings (SSSR count). The molecule has 0 aliphatic heterocycles. The molecule has 4 nitrogen and oxygen atoms in total. The van der Waals surface area contributed by atoms with E-state index >= 15 is 0 Å². The first kappa shape index (κ1) is 14.8. The van der Waals surface area contributed by atoms with Gasteiger partial charge in [-0.05, 0) is 34.6 Å². The number of aliphatic hydroxyl groups excluding tert-OH is 1. The smallest absolute Gasteiger partial charge is 0.0897 e. The van der Waals surface area contributed by atoms with E-state index in [1.165, 1.54) is 0 Å². The summed E-state index contributed by atoms with van der Waals surface area (Å²) in [4.78, 5) is 0. The fourth-order valence-electron chi connectivity index (χ4n) is 0.950. The molecule has 0 aromatic rings. The Morgan fingerprint density at radius 3 is 2.13 bits per heavy atom. The molecule has 0 spiro atoms. The van der Waals surface area contributed by atoms with Gasteiger partial charge in [0, 0.05) is 13.1 Å². The molecule has 0 fully saturated rings. The van der Waals surface area contributed by atoms with Crippen molar-refractivity contribution >= 4 is 0 Å². The van der Waals surface area contributed by atoms with Crippen molar-refractivity contribution in [1.29, 1.82) is 0 Å². The standard InChI is InChI=1S/C11H25NO3/c1-10(2,3)15-7-9(13)6-12-8-11(4,5)14/h9,12-14H,6-8H2,1-5H3. The summed E-state index contributed by atoms with van der Waals surface area (Å²) in [5, 5.41) is 21.9. The van der Waals surface area contributed by atoms with Crippen LogP contribution in [0.1, 0.15) is 34.6 Å². The van der Waals surface area contributed by atoms with E-state index in [0.29, 0.717) is 19.7 Å². The lowest BCUT2D eigenvalue weighted by Crippen LogP contribution is -2.40. The van der Waals surface area contributed by atoms with Crippen molar-refractivity contribution in [3.63, 3.8) is 0 Å². The van der Waals surface area contributed by atoms with E-state index in [-0.39, 0.29) is 5.60 Å². The third kappa shape index (κ3) is 11.8. The summed E-state index contributed by atoms with van der Waals surface area (Å²) in [6.07, 6.45) is -0.536. The van der Waals surface area contributed by atoms with Gasteiger partial charge in [0.15, 0.2) is 0 Å². The van der Waals surface area contributed by atoms with Crippen LogP contribution in [0.2, 0.25) is 0 Å². The van der Waals surface area contributed by atoms with E-state index in [9.17, 15) is 10.2 Å². The highest BCUT2D eigenvalue weighted by Gasteiger charge is 2.15. The maximum atomic E-state index is 9.54. The predicted molar refractivity (Wildman–Crippen MR) is 60.9 cm³/mol. The fraction of sp³-hybridized carbons (Fsp3) is 1.00. The number of hydrogen-bond acceptors (Lipinski definition) is 4. The van der Waals surface area contributed by atoms with Crippen molar-refractivity contribution in [3.05, 3.63) is 0 Å². The topological polar surface area (TPSA) is 61.7 Å². The van der Waals surface area contributed by atoms with Crippen LogP contribution < -0.4 is 5.32 Å². The summed E-state index contributed by atoms with van der Waals surface area (Å²) in [6, 6.07) is 0. The average molecular weight is 219 g/mol. The van der Waals surface area contributed by atoms with E-state index in [2.05, 4.69) is 5.32 Å². The maximum absolute atomic E-state index is 9.54. The number of nitrogens with one attached hydrogen (secondary N) is 1. The van der Waals surface area contributed by atoms with Gasteiger partial charge in [0.1, 0.15) is 0 Å². The lowest BCUT2D eigenvalue weighted by atomic mass is 10.1. The molecule has 0 aromatic heterocycles. The molecule has 0 aliphatic rings. The SMILES string of the molecule is CC(C)(O)CNCC(O)COC(C)(C)C. The molecular weight excluding hydrogens is 194 g/mol. The third-order valence-corrected chi connectivity index (χ3v) is 1.65. The number of ether oxygens (including phenoxy) is 1. The molecule has 0 saturated heterocycles. The van der Waals surface area contributed by atoms with Crippen molar-refractivity contribution in [2.24, 2.45) is 0 Å². The zero-order valence-electron chi connectivity index (χ0n) is 10.5. The molecule has 0 heterocycles. The first-order valence-corrected chi connectivity index (χ1v) is 5.35. The number of rotatable bonds is 6. The summed E-state index contributed by atoms with van der Waals surface area (Å²) in [5.41, 5.74) is -0.970. The zero-order valence-corrected chi connectivity index (χ0v) is 10.5. The third-order valence-electron chi connectivity index (χ3n) is 1.65. The van der Waals surface area contributed by atoms with Gasteiger partial charge in [-0.25, -0.2) is 0 Å². The second-order valence-electron chi connectivity index (χ2n) is 5.52. The normalized spacial score (nSPS) is 15.4. The van der Waals surface area contributed by atoms with Crippen molar-refractivity contribution in [3.8, 4) is 0 Å². The van der Waals surface area contributed by atoms with Crippen LogP contribution in [0.15, 0.2) is 0 Å². The van der Waals surface area contributed by atoms with Crippen LogP contribution in [0.3, 0.4) is 0 Å². The fourth-order valence-corrected chi connectivity index (χ4v) is 0.950. The van der Waals surface area contributed by atoms with E-state index in [4.69, 9.17) is 4.74 Å². The summed E-state index contributed by atoms with van der Waals surface area (Å²) in [5.74, 6) is 0. The molecule has 4 heteroatoms. The quantitative estimate of drug-likeness (QED) is 0.609. The minimum atomic E-state index is -0.745. The molecule has 0 saturated carbocycles. The van der Waals surface area contributed by atoms with Gasteiger partial charge in [-0.2, -0.15) is 0 Å². The van der Waals surface area contributed by atoms with Crippen LogP contribution in [0, 0.1) is 0 Å². The molecule has 0 amide bonds. The Bertz CT molecular complexity index is 170. The Morgan fingerprint density at radius 1 is 1.20 bits per heavy atom. The zero-order chi connectivity index (χ0) is 12.1. The number of hydrogen-bond donors (Lipinski definition) is 3. The minimum Gasteiger partial charge on any atom is -0.389 e. The van der Waals surface area contributed by atoms with Gasteiger partial charge in [0.2, 0.25) is 0 Å². The van der Waals surface area contributed by atoms with Gasteiger partial charge in [-0.15, -0.1) is 0 Å². The highest BCUT2D eigenvalue weighted by Crippen LogP contribution is 2.06. The summed E-state index contributed by atoms with van der Waals surface area (Å²) < 4.78 is 5.42. The molecule has 0 aromatic carbocycles. The molecular formula is C11H25NO3. The van der Waals surface area contributed by atoms with E-state index in [1.807, 2.05) is 20.8 Å². The van der Waals surface area contributed by atoms with Gasteiger partial charge < -0.3 is 20.3 Å². The first-order valence-electron chi connectivity index (χ1n) is 5.35. The van der Waals surface area contributed by atoms with E-state index in [1.54, 1.807) is 13.8 Å².